The van der Waals surface area contributed by atoms with Crippen molar-refractivity contribution in [1.29, 1.82) is 0 Å². The monoisotopic (exact) mass is 292 g/mol. The van der Waals surface area contributed by atoms with Crippen LogP contribution >= 0.6 is 11.8 Å². The summed E-state index contributed by atoms with van der Waals surface area (Å²) in [4.78, 5) is 4.42. The molecular weight excluding hydrogens is 272 g/mol. The van der Waals surface area contributed by atoms with Crippen molar-refractivity contribution >= 4 is 11.8 Å². The van der Waals surface area contributed by atoms with E-state index in [1.54, 1.807) is 11.8 Å². The lowest BCUT2D eigenvalue weighted by Gasteiger charge is -2.10. The number of rotatable bonds is 7. The lowest BCUT2D eigenvalue weighted by Crippen LogP contribution is -2.18. The van der Waals surface area contributed by atoms with Gasteiger partial charge in [0.15, 0.2) is 5.16 Å². The molecule has 0 aliphatic carbocycles. The number of aliphatic hydroxyl groups is 1. The number of imidazole rings is 1. The molecule has 0 saturated heterocycles. The number of aromatic nitrogens is 2. The van der Waals surface area contributed by atoms with Crippen LogP contribution in [0.2, 0.25) is 0 Å². The molecule has 1 atom stereocenters. The summed E-state index contributed by atoms with van der Waals surface area (Å²) in [5.74, 6) is 0.582. The number of benzene rings is 1. The number of thioether (sulfide) groups is 1. The Morgan fingerprint density at radius 1 is 1.35 bits per heavy atom. The minimum absolute atomic E-state index is 0.374. The Bertz CT molecular complexity index is 528. The summed E-state index contributed by atoms with van der Waals surface area (Å²) in [6.45, 7) is 2.92. The van der Waals surface area contributed by atoms with Gasteiger partial charge in [-0.15, -0.1) is 0 Å². The molecule has 0 saturated carbocycles. The maximum absolute atomic E-state index is 9.77. The van der Waals surface area contributed by atoms with E-state index < -0.39 is 6.10 Å². The van der Waals surface area contributed by atoms with Gasteiger partial charge in [0.2, 0.25) is 0 Å². The molecule has 5 heteroatoms. The quantitative estimate of drug-likeness (QED) is 0.797. The Hall–Kier alpha value is -1.30. The average molecular weight is 292 g/mol. The Morgan fingerprint density at radius 2 is 2.10 bits per heavy atom. The van der Waals surface area contributed by atoms with Crippen molar-refractivity contribution < 1.29 is 9.84 Å². The first kappa shape index (κ1) is 15.1. The summed E-state index contributed by atoms with van der Waals surface area (Å²) >= 11 is 1.54. The first-order valence-corrected chi connectivity index (χ1v) is 7.66. The number of ether oxygens (including phenoxy) is 1. The summed E-state index contributed by atoms with van der Waals surface area (Å²) in [6.07, 6.45) is 1.41. The average Bonchev–Trinajstić information content (AvgIpc) is 2.85. The molecule has 2 rings (SSSR count). The molecule has 0 bridgehead atoms. The van der Waals surface area contributed by atoms with Crippen LogP contribution in [0.15, 0.2) is 41.7 Å². The van der Waals surface area contributed by atoms with Crippen molar-refractivity contribution in [2.45, 2.75) is 18.2 Å². The van der Waals surface area contributed by atoms with E-state index >= 15 is 0 Å². The zero-order valence-electron chi connectivity index (χ0n) is 11.8. The standard InChI is InChI=1S/C15H20N2O2S/c1-3-19-10-13(18)11-20-15-16-9-14(17(15)2)12-7-5-4-6-8-12/h4-9,13,18H,3,10-11H2,1-2H3/t13-/m1/s1. The van der Waals surface area contributed by atoms with Crippen molar-refractivity contribution in [2.75, 3.05) is 19.0 Å². The zero-order valence-corrected chi connectivity index (χ0v) is 12.6. The van der Waals surface area contributed by atoms with Gasteiger partial charge in [0, 0.05) is 19.4 Å². The molecule has 0 amide bonds. The molecule has 20 heavy (non-hydrogen) atoms. The first-order chi connectivity index (χ1) is 9.72. The van der Waals surface area contributed by atoms with Crippen LogP contribution in [0.5, 0.6) is 0 Å². The Morgan fingerprint density at radius 3 is 2.80 bits per heavy atom. The van der Waals surface area contributed by atoms with Crippen molar-refractivity contribution in [3.63, 3.8) is 0 Å². The maximum atomic E-state index is 9.77. The van der Waals surface area contributed by atoms with E-state index in [9.17, 15) is 5.11 Å². The second kappa shape index (κ2) is 7.47. The number of nitrogens with zero attached hydrogens (tertiary/aromatic N) is 2. The van der Waals surface area contributed by atoms with Gasteiger partial charge in [-0.1, -0.05) is 42.1 Å². The fourth-order valence-electron chi connectivity index (χ4n) is 1.88. The molecular formula is C15H20N2O2S. The third-order valence-electron chi connectivity index (χ3n) is 2.93. The van der Waals surface area contributed by atoms with E-state index in [1.807, 2.05) is 42.9 Å². The third kappa shape index (κ3) is 3.85. The highest BCUT2D eigenvalue weighted by atomic mass is 32.2. The van der Waals surface area contributed by atoms with Gasteiger partial charge in [-0.2, -0.15) is 0 Å². The van der Waals surface area contributed by atoms with E-state index in [-0.39, 0.29) is 0 Å². The molecule has 0 aliphatic heterocycles. The van der Waals surface area contributed by atoms with Crippen LogP contribution in [0, 0.1) is 0 Å². The van der Waals surface area contributed by atoms with Gasteiger partial charge < -0.3 is 14.4 Å². The topological polar surface area (TPSA) is 47.3 Å². The highest BCUT2D eigenvalue weighted by molar-refractivity contribution is 7.99. The maximum Gasteiger partial charge on any atom is 0.168 e. The smallest absolute Gasteiger partial charge is 0.168 e. The van der Waals surface area contributed by atoms with Gasteiger partial charge in [0.1, 0.15) is 0 Å². The Labute approximate surface area is 123 Å². The second-order valence-corrected chi connectivity index (χ2v) is 5.46. The molecule has 0 unspecified atom stereocenters. The van der Waals surface area contributed by atoms with Gasteiger partial charge in [0.05, 0.1) is 24.6 Å². The molecule has 1 aromatic heterocycles. The summed E-state index contributed by atoms with van der Waals surface area (Å²) in [6, 6.07) is 10.2. The van der Waals surface area contributed by atoms with Crippen molar-refractivity contribution in [3.05, 3.63) is 36.5 Å². The lowest BCUT2D eigenvalue weighted by molar-refractivity contribution is 0.0551. The molecule has 2 aromatic rings. The van der Waals surface area contributed by atoms with Crippen LogP contribution in [-0.4, -0.2) is 39.7 Å². The molecule has 0 radical (unpaired) electrons. The van der Waals surface area contributed by atoms with Crippen LogP contribution in [0.3, 0.4) is 0 Å². The van der Waals surface area contributed by atoms with E-state index in [4.69, 9.17) is 4.74 Å². The van der Waals surface area contributed by atoms with Crippen LogP contribution in [0.4, 0.5) is 0 Å². The van der Waals surface area contributed by atoms with Gasteiger partial charge in [0.25, 0.3) is 0 Å². The zero-order chi connectivity index (χ0) is 14.4. The summed E-state index contributed by atoms with van der Waals surface area (Å²) in [5, 5.41) is 10.7. The van der Waals surface area contributed by atoms with E-state index in [0.29, 0.717) is 19.0 Å². The van der Waals surface area contributed by atoms with Gasteiger partial charge in [-0.3, -0.25) is 0 Å². The fraction of sp³-hybridized carbons (Fsp3) is 0.400. The Balaban J connectivity index is 1.99. The first-order valence-electron chi connectivity index (χ1n) is 6.68. The highest BCUT2D eigenvalue weighted by Crippen LogP contribution is 2.24. The summed E-state index contributed by atoms with van der Waals surface area (Å²) < 4.78 is 7.25. The normalized spacial score (nSPS) is 12.6. The minimum Gasteiger partial charge on any atom is -0.390 e. The largest absolute Gasteiger partial charge is 0.390 e. The van der Waals surface area contributed by atoms with Crippen molar-refractivity contribution in [1.82, 2.24) is 9.55 Å². The fourth-order valence-corrected chi connectivity index (χ4v) is 2.73. The van der Waals surface area contributed by atoms with Crippen molar-refractivity contribution in [3.8, 4) is 11.3 Å². The van der Waals surface area contributed by atoms with Gasteiger partial charge >= 0.3 is 0 Å². The van der Waals surface area contributed by atoms with Gasteiger partial charge in [-0.25, -0.2) is 4.98 Å². The molecule has 1 aromatic carbocycles. The minimum atomic E-state index is -0.461. The SMILES string of the molecule is CCOC[C@@H](O)CSc1ncc(-c2ccccc2)n1C. The summed E-state index contributed by atoms with van der Waals surface area (Å²) in [7, 11) is 1.99. The third-order valence-corrected chi connectivity index (χ3v) is 4.12. The molecule has 0 fully saturated rings. The second-order valence-electron chi connectivity index (χ2n) is 4.48. The predicted octanol–water partition coefficient (Wildman–Crippen LogP) is 2.58. The van der Waals surface area contributed by atoms with E-state index in [0.717, 1.165) is 16.4 Å². The number of aliphatic hydroxyl groups excluding tert-OH is 1. The number of hydrogen-bond acceptors (Lipinski definition) is 4. The molecule has 4 nitrogen and oxygen atoms in total. The molecule has 108 valence electrons. The lowest BCUT2D eigenvalue weighted by atomic mass is 10.2. The predicted molar refractivity (Wildman–Crippen MR) is 81.9 cm³/mol. The van der Waals surface area contributed by atoms with E-state index in [1.165, 1.54) is 0 Å². The van der Waals surface area contributed by atoms with Gasteiger partial charge in [-0.05, 0) is 12.5 Å². The van der Waals surface area contributed by atoms with Crippen LogP contribution in [-0.2, 0) is 11.8 Å². The number of hydrogen-bond donors (Lipinski definition) is 1. The molecule has 1 N–H and O–H groups in total. The van der Waals surface area contributed by atoms with E-state index in [2.05, 4.69) is 17.1 Å². The highest BCUT2D eigenvalue weighted by Gasteiger charge is 2.11. The summed E-state index contributed by atoms with van der Waals surface area (Å²) in [5.41, 5.74) is 2.22. The van der Waals surface area contributed by atoms with Crippen LogP contribution in [0.1, 0.15) is 6.92 Å². The molecule has 1 heterocycles. The van der Waals surface area contributed by atoms with Crippen LogP contribution in [0.25, 0.3) is 11.3 Å². The Kier molecular flexibility index (Phi) is 5.64. The molecule has 0 aliphatic rings. The van der Waals surface area contributed by atoms with Crippen LogP contribution < -0.4 is 0 Å². The van der Waals surface area contributed by atoms with Crippen molar-refractivity contribution in [2.24, 2.45) is 7.05 Å². The molecule has 0 spiro atoms.